The number of Topliss-reactive ketones (excluding diaryl/α,β-unsaturated/α-hetero) is 1. The summed E-state index contributed by atoms with van der Waals surface area (Å²) in [5, 5.41) is 22.0. The van der Waals surface area contributed by atoms with Crippen LogP contribution in [0.5, 0.6) is 0 Å². The number of piperazine rings is 1. The molecule has 2 aromatic carbocycles. The molecule has 0 aliphatic carbocycles. The van der Waals surface area contributed by atoms with Crippen LogP contribution in [0.15, 0.2) is 54.7 Å². The summed E-state index contributed by atoms with van der Waals surface area (Å²) in [6, 6.07) is 13.6. The number of hydrogen-bond donors (Lipinski definition) is 4. The second kappa shape index (κ2) is 11.7. The van der Waals surface area contributed by atoms with Crippen LogP contribution in [0.4, 0.5) is 5.69 Å². The molecule has 1 atom stereocenters. The number of ether oxygens (including phenoxy) is 1. The number of nitrogens with one attached hydrogen (secondary N) is 2. The minimum Gasteiger partial charge on any atom is -0.481 e. The number of para-hydroxylation sites is 1. The van der Waals surface area contributed by atoms with E-state index in [1.807, 2.05) is 6.07 Å². The number of nitrogens with zero attached hydrogens (tertiary/aromatic N) is 2. The average molecular weight is 551 g/mol. The molecule has 12 nitrogen and oxygen atoms in total. The van der Waals surface area contributed by atoms with Crippen LogP contribution in [0.1, 0.15) is 41.0 Å². The monoisotopic (exact) mass is 550 g/mol. The number of carboxylic acid groups (broad SMARTS) is 1. The number of aromatic amines is 1. The van der Waals surface area contributed by atoms with E-state index >= 15 is 0 Å². The number of benzene rings is 2. The van der Waals surface area contributed by atoms with E-state index in [4.69, 9.17) is 9.84 Å². The number of amides is 3. The molecule has 1 fully saturated rings. The minimum atomic E-state index is -1.75. The SMILES string of the molecule is CC(C)(O)O[C@H](CC(=O)O)C(=O)Nc1cccc2c(C(=O)C(=O)N3CCN(C(=O)c4ccccc4)CC3)c[nH]c12. The fraction of sp³-hybridized carbons (Fsp3) is 0.321. The van der Waals surface area contributed by atoms with Crippen LogP contribution < -0.4 is 5.32 Å². The second-order valence-electron chi connectivity index (χ2n) is 9.85. The summed E-state index contributed by atoms with van der Waals surface area (Å²) in [6.07, 6.45) is -0.797. The number of carbonyl (C=O) groups is 5. The van der Waals surface area contributed by atoms with Crippen molar-refractivity contribution in [1.82, 2.24) is 14.8 Å². The summed E-state index contributed by atoms with van der Waals surface area (Å²) in [7, 11) is 0. The van der Waals surface area contributed by atoms with Crippen LogP contribution in [-0.4, -0.2) is 92.5 Å². The van der Waals surface area contributed by atoms with E-state index in [0.29, 0.717) is 29.6 Å². The van der Waals surface area contributed by atoms with Gasteiger partial charge in [0.2, 0.25) is 0 Å². The summed E-state index contributed by atoms with van der Waals surface area (Å²) in [5.74, 6) is -5.44. The van der Waals surface area contributed by atoms with E-state index in [1.165, 1.54) is 31.0 Å². The molecular formula is C28H30N4O8. The van der Waals surface area contributed by atoms with Gasteiger partial charge in [-0.2, -0.15) is 0 Å². The van der Waals surface area contributed by atoms with Gasteiger partial charge in [0, 0.05) is 43.3 Å². The van der Waals surface area contributed by atoms with Gasteiger partial charge in [0.05, 0.1) is 23.2 Å². The first-order valence-corrected chi connectivity index (χ1v) is 12.7. The van der Waals surface area contributed by atoms with Crippen molar-refractivity contribution in [3.8, 4) is 0 Å². The van der Waals surface area contributed by atoms with Gasteiger partial charge < -0.3 is 35.1 Å². The van der Waals surface area contributed by atoms with E-state index in [2.05, 4.69) is 10.3 Å². The summed E-state index contributed by atoms with van der Waals surface area (Å²) < 4.78 is 5.21. The highest BCUT2D eigenvalue weighted by atomic mass is 16.6. The lowest BCUT2D eigenvalue weighted by molar-refractivity contribution is -0.207. The Morgan fingerprint density at radius 1 is 0.975 bits per heavy atom. The van der Waals surface area contributed by atoms with Crippen molar-refractivity contribution >= 4 is 46.1 Å². The highest BCUT2D eigenvalue weighted by Gasteiger charge is 2.32. The first-order chi connectivity index (χ1) is 18.9. The summed E-state index contributed by atoms with van der Waals surface area (Å²) in [4.78, 5) is 68.9. The Morgan fingerprint density at radius 2 is 1.62 bits per heavy atom. The van der Waals surface area contributed by atoms with E-state index in [0.717, 1.165) is 0 Å². The minimum absolute atomic E-state index is 0.105. The van der Waals surface area contributed by atoms with Crippen LogP contribution >= 0.6 is 0 Å². The molecule has 0 unspecified atom stereocenters. The Hall–Kier alpha value is -4.55. The topological polar surface area (TPSA) is 169 Å². The molecule has 4 rings (SSSR count). The van der Waals surface area contributed by atoms with Crippen LogP contribution in [0.3, 0.4) is 0 Å². The van der Waals surface area contributed by atoms with Gasteiger partial charge in [0.1, 0.15) is 6.10 Å². The molecule has 1 saturated heterocycles. The van der Waals surface area contributed by atoms with Crippen molar-refractivity contribution in [2.24, 2.45) is 0 Å². The van der Waals surface area contributed by atoms with Crippen molar-refractivity contribution in [2.45, 2.75) is 32.2 Å². The molecule has 1 aliphatic heterocycles. The predicted octanol–water partition coefficient (Wildman–Crippen LogP) is 1.86. The number of carbonyl (C=O) groups excluding carboxylic acids is 4. The number of aromatic nitrogens is 1. The number of anilines is 1. The number of rotatable bonds is 9. The number of H-pyrrole nitrogens is 1. The fourth-order valence-electron chi connectivity index (χ4n) is 4.49. The van der Waals surface area contributed by atoms with Crippen LogP contribution in [-0.2, 0) is 19.1 Å². The van der Waals surface area contributed by atoms with Crippen molar-refractivity contribution < 1.29 is 38.9 Å². The van der Waals surface area contributed by atoms with E-state index in [-0.39, 0.29) is 30.2 Å². The maximum absolute atomic E-state index is 13.2. The van der Waals surface area contributed by atoms with E-state index in [9.17, 15) is 29.1 Å². The van der Waals surface area contributed by atoms with Gasteiger partial charge in [0.15, 0.2) is 5.79 Å². The molecule has 12 heteroatoms. The Balaban J connectivity index is 1.45. The Labute approximate surface area is 229 Å². The van der Waals surface area contributed by atoms with Crippen LogP contribution in [0, 0.1) is 0 Å². The molecule has 40 heavy (non-hydrogen) atoms. The third-order valence-corrected chi connectivity index (χ3v) is 6.37. The molecule has 0 radical (unpaired) electrons. The van der Waals surface area contributed by atoms with E-state index in [1.54, 1.807) is 41.3 Å². The zero-order chi connectivity index (χ0) is 29.0. The van der Waals surface area contributed by atoms with Crippen LogP contribution in [0.2, 0.25) is 0 Å². The summed E-state index contributed by atoms with van der Waals surface area (Å²) >= 11 is 0. The first kappa shape index (κ1) is 28.5. The maximum atomic E-state index is 13.2. The van der Waals surface area contributed by atoms with Gasteiger partial charge in [-0.15, -0.1) is 0 Å². The van der Waals surface area contributed by atoms with Crippen molar-refractivity contribution in [2.75, 3.05) is 31.5 Å². The normalized spacial score (nSPS) is 14.6. The van der Waals surface area contributed by atoms with Crippen molar-refractivity contribution in [3.63, 3.8) is 0 Å². The lowest BCUT2D eigenvalue weighted by Crippen LogP contribution is -2.52. The highest BCUT2D eigenvalue weighted by Crippen LogP contribution is 2.27. The van der Waals surface area contributed by atoms with Gasteiger partial charge in [-0.05, 0) is 32.0 Å². The van der Waals surface area contributed by atoms with Gasteiger partial charge in [0.25, 0.3) is 23.5 Å². The predicted molar refractivity (Wildman–Crippen MR) is 144 cm³/mol. The fourth-order valence-corrected chi connectivity index (χ4v) is 4.49. The zero-order valence-electron chi connectivity index (χ0n) is 22.0. The smallest absolute Gasteiger partial charge is 0.306 e. The molecule has 1 aliphatic rings. The van der Waals surface area contributed by atoms with Gasteiger partial charge in [-0.1, -0.05) is 30.3 Å². The number of fused-ring (bicyclic) bond motifs is 1. The Kier molecular flexibility index (Phi) is 8.31. The number of aliphatic hydroxyl groups is 1. The van der Waals surface area contributed by atoms with E-state index < -0.39 is 41.9 Å². The maximum Gasteiger partial charge on any atom is 0.306 e. The molecule has 1 aromatic heterocycles. The Bertz CT molecular complexity index is 1440. The molecule has 3 amide bonds. The van der Waals surface area contributed by atoms with Gasteiger partial charge in [-0.3, -0.25) is 24.0 Å². The quantitative estimate of drug-likeness (QED) is 0.178. The van der Waals surface area contributed by atoms with Crippen LogP contribution in [0.25, 0.3) is 10.9 Å². The summed E-state index contributed by atoms with van der Waals surface area (Å²) in [5.41, 5.74) is 1.24. The molecule has 0 saturated carbocycles. The first-order valence-electron chi connectivity index (χ1n) is 12.7. The molecule has 2 heterocycles. The summed E-state index contributed by atoms with van der Waals surface area (Å²) in [6.45, 7) is 3.55. The number of hydrogen-bond acceptors (Lipinski definition) is 7. The second-order valence-corrected chi connectivity index (χ2v) is 9.85. The number of ketones is 1. The third-order valence-electron chi connectivity index (χ3n) is 6.37. The average Bonchev–Trinajstić information content (AvgIpc) is 3.36. The Morgan fingerprint density at radius 3 is 2.25 bits per heavy atom. The van der Waals surface area contributed by atoms with Gasteiger partial charge >= 0.3 is 5.97 Å². The highest BCUT2D eigenvalue weighted by molar-refractivity contribution is 6.45. The molecule has 4 N–H and O–H groups in total. The lowest BCUT2D eigenvalue weighted by atomic mass is 10.1. The zero-order valence-corrected chi connectivity index (χ0v) is 22.0. The third kappa shape index (κ3) is 6.53. The van der Waals surface area contributed by atoms with Gasteiger partial charge in [-0.25, -0.2) is 0 Å². The van der Waals surface area contributed by atoms with Crippen molar-refractivity contribution in [1.29, 1.82) is 0 Å². The molecule has 3 aromatic rings. The molecule has 210 valence electrons. The standard InChI is InChI=1S/C28H30N4O8/c1-28(2,39)40-21(15-22(33)34)25(36)30-20-10-6-9-18-19(16-29-23(18)20)24(35)27(38)32-13-11-31(12-14-32)26(37)17-7-4-3-5-8-17/h3-10,16,21,29,39H,11-15H2,1-2H3,(H,30,36)(H,33,34)/t21-/m1/s1. The molecule has 0 spiro atoms. The largest absolute Gasteiger partial charge is 0.481 e. The molecular weight excluding hydrogens is 520 g/mol. The number of aliphatic carboxylic acids is 1. The lowest BCUT2D eigenvalue weighted by Gasteiger charge is -2.34. The molecule has 0 bridgehead atoms. The van der Waals surface area contributed by atoms with Crippen molar-refractivity contribution in [3.05, 3.63) is 65.9 Å². The number of carboxylic acids is 1.